The fraction of sp³-hybridized carbons (Fsp3) is 0.333. The van der Waals surface area contributed by atoms with Crippen LogP contribution in [-0.2, 0) is 4.74 Å². The van der Waals surface area contributed by atoms with Crippen LogP contribution >= 0.6 is 0 Å². The maximum absolute atomic E-state index is 12.2. The minimum atomic E-state index is -0.477. The van der Waals surface area contributed by atoms with E-state index in [4.69, 9.17) is 10.5 Å². The van der Waals surface area contributed by atoms with Crippen LogP contribution in [0.4, 0.5) is 4.79 Å². The molecule has 2 aromatic rings. The molecule has 0 aromatic carbocycles. The Morgan fingerprint density at radius 1 is 1.39 bits per heavy atom. The molecule has 8 heteroatoms. The lowest BCUT2D eigenvalue weighted by Crippen LogP contribution is -2.41. The van der Waals surface area contributed by atoms with Crippen molar-refractivity contribution in [2.75, 3.05) is 13.2 Å². The van der Waals surface area contributed by atoms with Crippen molar-refractivity contribution in [1.29, 1.82) is 0 Å². The van der Waals surface area contributed by atoms with Gasteiger partial charge in [0.15, 0.2) is 0 Å². The third kappa shape index (κ3) is 3.31. The molecule has 3 rings (SSSR count). The van der Waals surface area contributed by atoms with Gasteiger partial charge >= 0.3 is 12.0 Å². The van der Waals surface area contributed by atoms with Crippen LogP contribution in [0.5, 0.6) is 0 Å². The van der Waals surface area contributed by atoms with Gasteiger partial charge in [0.05, 0.1) is 11.6 Å². The number of hydrogen-bond donors (Lipinski definition) is 1. The molecule has 1 atom stereocenters. The van der Waals surface area contributed by atoms with E-state index in [1.165, 1.54) is 11.1 Å². The van der Waals surface area contributed by atoms with Crippen LogP contribution < -0.4 is 5.73 Å². The Hall–Kier alpha value is -2.90. The van der Waals surface area contributed by atoms with Gasteiger partial charge in [0, 0.05) is 25.1 Å². The topological polar surface area (TPSA) is 103 Å². The predicted octanol–water partition coefficient (Wildman–Crippen LogP) is 0.967. The Bertz CT molecular complexity index is 701. The number of pyridine rings is 1. The molecule has 0 bridgehead atoms. The van der Waals surface area contributed by atoms with Gasteiger partial charge in [-0.15, -0.1) is 0 Å². The molecule has 0 spiro atoms. The van der Waals surface area contributed by atoms with Crippen molar-refractivity contribution in [2.45, 2.75) is 18.9 Å². The summed E-state index contributed by atoms with van der Waals surface area (Å²) < 4.78 is 7.02. The predicted molar refractivity (Wildman–Crippen MR) is 81.0 cm³/mol. The fourth-order valence-corrected chi connectivity index (χ4v) is 2.64. The van der Waals surface area contributed by atoms with Crippen molar-refractivity contribution in [1.82, 2.24) is 19.4 Å². The van der Waals surface area contributed by atoms with Gasteiger partial charge < -0.3 is 15.4 Å². The van der Waals surface area contributed by atoms with Crippen LogP contribution in [0, 0.1) is 0 Å². The van der Waals surface area contributed by atoms with Gasteiger partial charge in [-0.3, -0.25) is 4.57 Å². The van der Waals surface area contributed by atoms with Gasteiger partial charge in [-0.1, -0.05) is 0 Å². The Morgan fingerprint density at radius 2 is 2.26 bits per heavy atom. The van der Waals surface area contributed by atoms with E-state index < -0.39 is 12.0 Å². The number of amides is 2. The monoisotopic (exact) mass is 315 g/mol. The second-order valence-corrected chi connectivity index (χ2v) is 5.30. The highest BCUT2D eigenvalue weighted by Gasteiger charge is 2.28. The minimum absolute atomic E-state index is 0.143. The third-order valence-corrected chi connectivity index (χ3v) is 3.82. The van der Waals surface area contributed by atoms with Crippen LogP contribution in [0.25, 0.3) is 5.82 Å². The van der Waals surface area contributed by atoms with Gasteiger partial charge in [0.25, 0.3) is 0 Å². The van der Waals surface area contributed by atoms with E-state index >= 15 is 0 Å². The largest absolute Gasteiger partial charge is 0.460 e. The van der Waals surface area contributed by atoms with Crippen molar-refractivity contribution < 1.29 is 14.3 Å². The Balaban J connectivity index is 1.65. The van der Waals surface area contributed by atoms with Gasteiger partial charge in [0.2, 0.25) is 0 Å². The highest BCUT2D eigenvalue weighted by molar-refractivity contribution is 5.89. The molecule has 0 saturated carbocycles. The molecule has 1 aliphatic rings. The van der Waals surface area contributed by atoms with Crippen molar-refractivity contribution in [3.63, 3.8) is 0 Å². The maximum atomic E-state index is 12.2. The van der Waals surface area contributed by atoms with E-state index in [0.29, 0.717) is 17.9 Å². The van der Waals surface area contributed by atoms with Crippen molar-refractivity contribution >= 4 is 12.0 Å². The summed E-state index contributed by atoms with van der Waals surface area (Å²) in [6, 6.07) is 2.59. The number of imidazole rings is 1. The molecular formula is C15H17N5O3. The number of rotatable bonds is 4. The standard InChI is InChI=1S/C15H17N5O3/c16-15(22)20-6-1-2-12(20)9-23-14(21)11-3-4-18-13(8-11)19-7-5-17-10-19/h3-5,7-8,10,12H,1-2,6,9H2,(H2,16,22)/t12-/m1/s1. The van der Waals surface area contributed by atoms with E-state index in [1.807, 2.05) is 0 Å². The summed E-state index contributed by atoms with van der Waals surface area (Å²) in [5, 5.41) is 0. The zero-order valence-corrected chi connectivity index (χ0v) is 12.5. The lowest BCUT2D eigenvalue weighted by molar-refractivity contribution is 0.0422. The number of urea groups is 1. The Kier molecular flexibility index (Phi) is 4.22. The lowest BCUT2D eigenvalue weighted by atomic mass is 10.2. The number of likely N-dealkylation sites (tertiary alicyclic amines) is 1. The SMILES string of the molecule is NC(=O)N1CCC[C@@H]1COC(=O)c1ccnc(-n2ccnc2)c1. The van der Waals surface area contributed by atoms with Crippen LogP contribution in [-0.4, -0.2) is 50.6 Å². The molecule has 2 aromatic heterocycles. The first-order valence-corrected chi connectivity index (χ1v) is 7.33. The third-order valence-electron chi connectivity index (χ3n) is 3.82. The number of primary amides is 1. The van der Waals surface area contributed by atoms with Gasteiger partial charge in [-0.25, -0.2) is 19.6 Å². The highest BCUT2D eigenvalue weighted by atomic mass is 16.5. The normalized spacial score (nSPS) is 17.2. The molecule has 23 heavy (non-hydrogen) atoms. The number of carbonyl (C=O) groups is 2. The molecule has 1 saturated heterocycles. The van der Waals surface area contributed by atoms with Crippen molar-refractivity contribution in [3.05, 3.63) is 42.6 Å². The van der Waals surface area contributed by atoms with E-state index in [2.05, 4.69) is 9.97 Å². The average molecular weight is 315 g/mol. The number of nitrogens with zero attached hydrogens (tertiary/aromatic N) is 4. The van der Waals surface area contributed by atoms with E-state index in [1.54, 1.807) is 35.4 Å². The summed E-state index contributed by atoms with van der Waals surface area (Å²) in [5.41, 5.74) is 5.70. The minimum Gasteiger partial charge on any atom is -0.460 e. The van der Waals surface area contributed by atoms with Crippen molar-refractivity contribution in [3.8, 4) is 5.82 Å². The number of hydrogen-bond acceptors (Lipinski definition) is 5. The van der Waals surface area contributed by atoms with Gasteiger partial charge in [-0.05, 0) is 25.0 Å². The zero-order valence-electron chi connectivity index (χ0n) is 12.5. The van der Waals surface area contributed by atoms with E-state index in [9.17, 15) is 9.59 Å². The summed E-state index contributed by atoms with van der Waals surface area (Å²) in [6.07, 6.45) is 8.15. The fourth-order valence-electron chi connectivity index (χ4n) is 2.64. The number of carbonyl (C=O) groups excluding carboxylic acids is 2. The molecule has 120 valence electrons. The first-order chi connectivity index (χ1) is 11.1. The number of nitrogens with two attached hydrogens (primary N) is 1. The second-order valence-electron chi connectivity index (χ2n) is 5.30. The first-order valence-electron chi connectivity index (χ1n) is 7.33. The summed E-state index contributed by atoms with van der Waals surface area (Å²) in [5.74, 6) is 0.127. The van der Waals surface area contributed by atoms with Crippen molar-refractivity contribution in [2.24, 2.45) is 5.73 Å². The number of aromatic nitrogens is 3. The smallest absolute Gasteiger partial charge is 0.338 e. The molecule has 8 nitrogen and oxygen atoms in total. The number of esters is 1. The molecule has 0 radical (unpaired) electrons. The first kappa shape index (κ1) is 15.0. The molecule has 2 N–H and O–H groups in total. The van der Waals surface area contributed by atoms with Crippen LogP contribution in [0.3, 0.4) is 0 Å². The summed E-state index contributed by atoms with van der Waals surface area (Å²) >= 11 is 0. The molecule has 3 heterocycles. The Morgan fingerprint density at radius 3 is 3.00 bits per heavy atom. The van der Waals surface area contributed by atoms with E-state index in [-0.39, 0.29) is 12.6 Å². The molecule has 1 aliphatic heterocycles. The van der Waals surface area contributed by atoms with Gasteiger partial charge in [-0.2, -0.15) is 0 Å². The Labute approximate surface area is 132 Å². The summed E-state index contributed by atoms with van der Waals surface area (Å²) in [6.45, 7) is 0.752. The quantitative estimate of drug-likeness (QED) is 0.847. The van der Waals surface area contributed by atoms with Crippen LogP contribution in [0.1, 0.15) is 23.2 Å². The molecule has 1 fully saturated rings. The number of ether oxygens (including phenoxy) is 1. The van der Waals surface area contributed by atoms with Crippen LogP contribution in [0.15, 0.2) is 37.1 Å². The van der Waals surface area contributed by atoms with Crippen LogP contribution in [0.2, 0.25) is 0 Å². The zero-order chi connectivity index (χ0) is 16.2. The van der Waals surface area contributed by atoms with E-state index in [0.717, 1.165) is 12.8 Å². The summed E-state index contributed by atoms with van der Waals surface area (Å²) in [7, 11) is 0. The lowest BCUT2D eigenvalue weighted by Gasteiger charge is -2.22. The second kappa shape index (κ2) is 6.47. The summed E-state index contributed by atoms with van der Waals surface area (Å²) in [4.78, 5) is 33.1. The molecular weight excluding hydrogens is 298 g/mol. The molecule has 2 amide bonds. The average Bonchev–Trinajstić information content (AvgIpc) is 3.24. The maximum Gasteiger partial charge on any atom is 0.338 e. The highest BCUT2D eigenvalue weighted by Crippen LogP contribution is 2.17. The molecule has 0 unspecified atom stereocenters. The van der Waals surface area contributed by atoms with Gasteiger partial charge in [0.1, 0.15) is 18.8 Å². The molecule has 0 aliphatic carbocycles.